The number of rotatable bonds is 5. The number of hydrogen-bond donors (Lipinski definition) is 1. The topological polar surface area (TPSA) is 25.2 Å². The van der Waals surface area contributed by atoms with Crippen molar-refractivity contribution in [3.63, 3.8) is 0 Å². The minimum absolute atomic E-state index is 0.300. The minimum Gasteiger partial charge on any atom is -0.469 e. The first-order chi connectivity index (χ1) is 8.20. The van der Waals surface area contributed by atoms with Crippen LogP contribution in [0.2, 0.25) is 4.34 Å². The molecule has 0 aliphatic rings. The fourth-order valence-corrected chi connectivity index (χ4v) is 3.09. The summed E-state index contributed by atoms with van der Waals surface area (Å²) in [6.07, 6.45) is 2.70. The Balaban J connectivity index is 2.15. The molecule has 1 N–H and O–H groups in total. The molecule has 0 aliphatic carbocycles. The van der Waals surface area contributed by atoms with Crippen LogP contribution in [-0.2, 0) is 6.42 Å². The summed E-state index contributed by atoms with van der Waals surface area (Å²) in [5, 5.41) is 3.49. The Morgan fingerprint density at radius 1 is 1.41 bits per heavy atom. The van der Waals surface area contributed by atoms with Crippen LogP contribution in [0.4, 0.5) is 0 Å². The van der Waals surface area contributed by atoms with Crippen LogP contribution in [0, 0.1) is 6.92 Å². The van der Waals surface area contributed by atoms with Gasteiger partial charge in [-0.15, -0.1) is 11.3 Å². The van der Waals surface area contributed by atoms with Crippen molar-refractivity contribution in [1.82, 2.24) is 5.32 Å². The lowest BCUT2D eigenvalue weighted by Gasteiger charge is -2.16. The van der Waals surface area contributed by atoms with Crippen LogP contribution in [0.15, 0.2) is 28.9 Å². The van der Waals surface area contributed by atoms with Gasteiger partial charge in [-0.3, -0.25) is 0 Å². The molecular weight excluding hydrogens is 254 g/mol. The molecule has 1 atom stereocenters. The fourth-order valence-electron chi connectivity index (χ4n) is 1.96. The molecule has 0 fully saturated rings. The maximum atomic E-state index is 5.96. The van der Waals surface area contributed by atoms with Crippen molar-refractivity contribution in [2.75, 3.05) is 6.54 Å². The van der Waals surface area contributed by atoms with Crippen LogP contribution >= 0.6 is 22.9 Å². The van der Waals surface area contributed by atoms with Gasteiger partial charge in [0.05, 0.1) is 10.6 Å². The Kier molecular flexibility index (Phi) is 4.26. The normalized spacial score (nSPS) is 12.9. The smallest absolute Gasteiger partial charge is 0.105 e. The molecule has 0 bridgehead atoms. The van der Waals surface area contributed by atoms with Crippen LogP contribution in [0.3, 0.4) is 0 Å². The number of thiophene rings is 1. The molecule has 4 heteroatoms. The van der Waals surface area contributed by atoms with Gasteiger partial charge in [0, 0.05) is 22.9 Å². The van der Waals surface area contributed by atoms with Crippen LogP contribution < -0.4 is 5.32 Å². The molecule has 2 aromatic rings. The molecule has 0 spiro atoms. The molecular formula is C13H16ClNOS. The zero-order valence-corrected chi connectivity index (χ0v) is 11.6. The molecule has 0 amide bonds. The molecule has 0 aromatic carbocycles. The van der Waals surface area contributed by atoms with E-state index in [0.29, 0.717) is 6.04 Å². The third-order valence-electron chi connectivity index (χ3n) is 2.76. The summed E-state index contributed by atoms with van der Waals surface area (Å²) in [4.78, 5) is 1.29. The summed E-state index contributed by atoms with van der Waals surface area (Å²) in [6.45, 7) is 5.05. The van der Waals surface area contributed by atoms with E-state index < -0.39 is 0 Å². The number of furan rings is 1. The van der Waals surface area contributed by atoms with Gasteiger partial charge in [0.25, 0.3) is 0 Å². The van der Waals surface area contributed by atoms with Gasteiger partial charge in [-0.2, -0.15) is 0 Å². The Morgan fingerprint density at radius 3 is 2.76 bits per heavy atom. The predicted octanol–water partition coefficient (Wildman–Crippen LogP) is 4.20. The standard InChI is InChI=1S/C13H16ClNOS/c1-3-15-12(11-6-7-16-9(11)2)8-10-4-5-13(14)17-10/h4-7,12,15H,3,8H2,1-2H3. The first kappa shape index (κ1) is 12.7. The average molecular weight is 270 g/mol. The van der Waals surface area contributed by atoms with Gasteiger partial charge in [0.1, 0.15) is 5.76 Å². The molecule has 17 heavy (non-hydrogen) atoms. The van der Waals surface area contributed by atoms with E-state index in [2.05, 4.69) is 18.3 Å². The van der Waals surface area contributed by atoms with Crippen LogP contribution in [0.1, 0.15) is 29.2 Å². The van der Waals surface area contributed by atoms with Crippen LogP contribution in [0.5, 0.6) is 0 Å². The third-order valence-corrected chi connectivity index (χ3v) is 4.01. The molecule has 92 valence electrons. The molecule has 0 saturated heterocycles. The second-order valence-electron chi connectivity index (χ2n) is 3.95. The molecule has 2 aromatic heterocycles. The quantitative estimate of drug-likeness (QED) is 0.880. The predicted molar refractivity (Wildman–Crippen MR) is 72.9 cm³/mol. The van der Waals surface area contributed by atoms with Gasteiger partial charge in [-0.25, -0.2) is 0 Å². The minimum atomic E-state index is 0.300. The number of likely N-dealkylation sites (N-methyl/N-ethyl adjacent to an activating group) is 1. The lowest BCUT2D eigenvalue weighted by molar-refractivity contribution is 0.503. The Labute approximate surface area is 111 Å². The van der Waals surface area contributed by atoms with Gasteiger partial charge in [-0.05, 0) is 31.7 Å². The molecule has 2 nitrogen and oxygen atoms in total. The first-order valence-electron chi connectivity index (χ1n) is 5.72. The lowest BCUT2D eigenvalue weighted by Crippen LogP contribution is -2.22. The van der Waals surface area contributed by atoms with Gasteiger partial charge >= 0.3 is 0 Å². The fraction of sp³-hybridized carbons (Fsp3) is 0.385. The third kappa shape index (κ3) is 3.12. The van der Waals surface area contributed by atoms with Gasteiger partial charge in [-0.1, -0.05) is 18.5 Å². The highest BCUT2D eigenvalue weighted by Gasteiger charge is 2.16. The second kappa shape index (κ2) is 5.71. The maximum Gasteiger partial charge on any atom is 0.105 e. The second-order valence-corrected chi connectivity index (χ2v) is 5.75. The Morgan fingerprint density at radius 2 is 2.24 bits per heavy atom. The van der Waals surface area contributed by atoms with E-state index in [0.717, 1.165) is 23.1 Å². The van der Waals surface area contributed by atoms with Gasteiger partial charge in [0.15, 0.2) is 0 Å². The van der Waals surface area contributed by atoms with Crippen LogP contribution in [-0.4, -0.2) is 6.54 Å². The molecule has 1 unspecified atom stereocenters. The summed E-state index contributed by atoms with van der Waals surface area (Å²) in [7, 11) is 0. The summed E-state index contributed by atoms with van der Waals surface area (Å²) in [5.41, 5.74) is 1.23. The maximum absolute atomic E-state index is 5.96. The van der Waals surface area contributed by atoms with Gasteiger partial charge < -0.3 is 9.73 Å². The first-order valence-corrected chi connectivity index (χ1v) is 6.91. The number of halogens is 1. The largest absolute Gasteiger partial charge is 0.469 e. The average Bonchev–Trinajstić information content (AvgIpc) is 2.87. The monoisotopic (exact) mass is 269 g/mol. The molecule has 0 radical (unpaired) electrons. The molecule has 0 saturated carbocycles. The van der Waals surface area contributed by atoms with Crippen molar-refractivity contribution < 1.29 is 4.42 Å². The molecule has 2 rings (SSSR count). The summed E-state index contributed by atoms with van der Waals surface area (Å²) >= 11 is 7.60. The van der Waals surface area contributed by atoms with Crippen molar-refractivity contribution in [2.45, 2.75) is 26.3 Å². The SMILES string of the molecule is CCNC(Cc1ccc(Cl)s1)c1ccoc1C. The Bertz CT molecular complexity index is 477. The van der Waals surface area contributed by atoms with E-state index >= 15 is 0 Å². The zero-order valence-electron chi connectivity index (χ0n) is 10.00. The van der Waals surface area contributed by atoms with Crippen molar-refractivity contribution in [3.05, 3.63) is 45.0 Å². The number of nitrogens with one attached hydrogen (secondary N) is 1. The van der Waals surface area contributed by atoms with E-state index in [4.69, 9.17) is 16.0 Å². The van der Waals surface area contributed by atoms with Gasteiger partial charge in [0.2, 0.25) is 0 Å². The highest BCUT2D eigenvalue weighted by molar-refractivity contribution is 7.16. The van der Waals surface area contributed by atoms with E-state index in [1.807, 2.05) is 19.1 Å². The summed E-state index contributed by atoms with van der Waals surface area (Å²) in [5.74, 6) is 0.985. The van der Waals surface area contributed by atoms with Crippen molar-refractivity contribution in [3.8, 4) is 0 Å². The molecule has 0 aliphatic heterocycles. The number of hydrogen-bond acceptors (Lipinski definition) is 3. The Hall–Kier alpha value is -0.770. The highest BCUT2D eigenvalue weighted by atomic mass is 35.5. The van der Waals surface area contributed by atoms with E-state index in [1.54, 1.807) is 17.6 Å². The summed E-state index contributed by atoms with van der Waals surface area (Å²) < 4.78 is 6.22. The summed E-state index contributed by atoms with van der Waals surface area (Å²) in [6, 6.07) is 6.38. The highest BCUT2D eigenvalue weighted by Crippen LogP contribution is 2.28. The lowest BCUT2D eigenvalue weighted by atomic mass is 10.0. The van der Waals surface area contributed by atoms with Crippen LogP contribution in [0.25, 0.3) is 0 Å². The van der Waals surface area contributed by atoms with E-state index in [-0.39, 0.29) is 0 Å². The zero-order chi connectivity index (χ0) is 12.3. The van der Waals surface area contributed by atoms with Crippen molar-refractivity contribution >= 4 is 22.9 Å². The number of aryl methyl sites for hydroxylation is 1. The van der Waals surface area contributed by atoms with Crippen molar-refractivity contribution in [2.24, 2.45) is 0 Å². The van der Waals surface area contributed by atoms with E-state index in [9.17, 15) is 0 Å². The van der Waals surface area contributed by atoms with Crippen molar-refractivity contribution in [1.29, 1.82) is 0 Å². The molecule has 2 heterocycles. The van der Waals surface area contributed by atoms with E-state index in [1.165, 1.54) is 10.4 Å².